The third-order valence-electron chi connectivity index (χ3n) is 8.65. The Morgan fingerprint density at radius 1 is 0.667 bits per heavy atom. The van der Waals surface area contributed by atoms with Crippen LogP contribution in [0.3, 0.4) is 0 Å². The number of hydrogen-bond donors (Lipinski definition) is 0. The summed E-state index contributed by atoms with van der Waals surface area (Å²) >= 11 is 0. The summed E-state index contributed by atoms with van der Waals surface area (Å²) < 4.78 is 0. The van der Waals surface area contributed by atoms with E-state index in [1.165, 1.54) is 74.7 Å². The first-order chi connectivity index (χ1) is 17.6. The highest BCUT2D eigenvalue weighted by Crippen LogP contribution is 2.49. The van der Waals surface area contributed by atoms with Crippen LogP contribution >= 0.6 is 0 Å². The standard InChI is InChI=1S/C22H24.C14H10/c1-4-22(3)14-6-9-20-19-11-10-16-15(2)7-5-8-17(16)18(19)12-13-21(20)22;1-3-7-13-11(5-1)9-10-12-6-2-4-8-14(12)13/h5-11H,4,12-14H2,1-3H3;1-10H. The van der Waals surface area contributed by atoms with Crippen molar-refractivity contribution < 1.29 is 0 Å². The second kappa shape index (κ2) is 9.10. The van der Waals surface area contributed by atoms with Gasteiger partial charge in [0.2, 0.25) is 0 Å². The first-order valence-corrected chi connectivity index (χ1v) is 13.4. The maximum Gasteiger partial charge on any atom is -0.00751 e. The molecular formula is C36H34. The van der Waals surface area contributed by atoms with E-state index in [1.54, 1.807) is 11.1 Å². The summed E-state index contributed by atoms with van der Waals surface area (Å²) in [7, 11) is 0. The predicted molar refractivity (Wildman–Crippen MR) is 158 cm³/mol. The highest BCUT2D eigenvalue weighted by atomic mass is 14.4. The minimum absolute atomic E-state index is 0.364. The zero-order chi connectivity index (χ0) is 24.7. The van der Waals surface area contributed by atoms with E-state index in [-0.39, 0.29) is 0 Å². The molecule has 5 aromatic carbocycles. The predicted octanol–water partition coefficient (Wildman–Crippen LogP) is 10.2. The zero-order valence-corrected chi connectivity index (χ0v) is 21.6. The molecule has 0 saturated heterocycles. The monoisotopic (exact) mass is 466 g/mol. The summed E-state index contributed by atoms with van der Waals surface area (Å²) in [4.78, 5) is 0. The number of allylic oxidation sites excluding steroid dienone is 4. The Morgan fingerprint density at radius 2 is 1.33 bits per heavy atom. The fraction of sp³-hybridized carbons (Fsp3) is 0.222. The van der Waals surface area contributed by atoms with E-state index >= 15 is 0 Å². The molecule has 0 amide bonds. The molecule has 0 heteroatoms. The van der Waals surface area contributed by atoms with Gasteiger partial charge >= 0.3 is 0 Å². The van der Waals surface area contributed by atoms with Crippen LogP contribution in [0.15, 0.2) is 109 Å². The molecule has 2 aliphatic rings. The van der Waals surface area contributed by atoms with Gasteiger partial charge in [-0.25, -0.2) is 0 Å². The summed E-state index contributed by atoms with van der Waals surface area (Å²) in [6, 6.07) is 32.8. The molecule has 0 bridgehead atoms. The van der Waals surface area contributed by atoms with Crippen molar-refractivity contribution >= 4 is 37.9 Å². The van der Waals surface area contributed by atoms with E-state index in [2.05, 4.69) is 124 Å². The second-order valence-electron chi connectivity index (χ2n) is 10.7. The number of rotatable bonds is 1. The molecule has 0 radical (unpaired) electrons. The quantitative estimate of drug-likeness (QED) is 0.216. The highest BCUT2D eigenvalue weighted by molar-refractivity contribution is 6.07. The molecule has 0 aromatic heterocycles. The van der Waals surface area contributed by atoms with E-state index in [9.17, 15) is 0 Å². The number of fused-ring (bicyclic) bond motifs is 7. The third-order valence-corrected chi connectivity index (χ3v) is 8.65. The van der Waals surface area contributed by atoms with Crippen LogP contribution in [-0.4, -0.2) is 0 Å². The van der Waals surface area contributed by atoms with E-state index in [0.717, 1.165) is 0 Å². The van der Waals surface area contributed by atoms with E-state index in [4.69, 9.17) is 0 Å². The fourth-order valence-corrected chi connectivity index (χ4v) is 6.34. The lowest BCUT2D eigenvalue weighted by atomic mass is 9.66. The summed E-state index contributed by atoms with van der Waals surface area (Å²) in [5.74, 6) is 0. The lowest BCUT2D eigenvalue weighted by molar-refractivity contribution is 0.371. The van der Waals surface area contributed by atoms with Crippen LogP contribution in [0, 0.1) is 12.3 Å². The van der Waals surface area contributed by atoms with Gasteiger partial charge in [-0.05, 0) is 92.6 Å². The third kappa shape index (κ3) is 3.77. The SMILES string of the molecule is CCC1(C)CC=CC2=C1CCc1c2ccc2c(C)cccc12.c1ccc2c(c1)ccc1ccccc12. The van der Waals surface area contributed by atoms with Gasteiger partial charge in [-0.2, -0.15) is 0 Å². The van der Waals surface area contributed by atoms with Gasteiger partial charge in [0, 0.05) is 0 Å². The first kappa shape index (κ1) is 22.8. The van der Waals surface area contributed by atoms with Crippen molar-refractivity contribution in [3.63, 3.8) is 0 Å². The van der Waals surface area contributed by atoms with Crippen LogP contribution < -0.4 is 0 Å². The van der Waals surface area contributed by atoms with Crippen molar-refractivity contribution in [1.82, 2.24) is 0 Å². The van der Waals surface area contributed by atoms with Crippen LogP contribution in [-0.2, 0) is 6.42 Å². The van der Waals surface area contributed by atoms with Crippen molar-refractivity contribution in [2.24, 2.45) is 5.41 Å². The van der Waals surface area contributed by atoms with Crippen molar-refractivity contribution in [2.45, 2.75) is 46.5 Å². The molecule has 36 heavy (non-hydrogen) atoms. The smallest absolute Gasteiger partial charge is 0.00751 e. The maximum atomic E-state index is 2.45. The minimum atomic E-state index is 0.364. The molecule has 178 valence electrons. The summed E-state index contributed by atoms with van der Waals surface area (Å²) in [5, 5.41) is 8.18. The molecule has 0 aliphatic heterocycles. The van der Waals surface area contributed by atoms with Crippen molar-refractivity contribution in [1.29, 1.82) is 0 Å². The van der Waals surface area contributed by atoms with Gasteiger partial charge in [0.1, 0.15) is 0 Å². The molecule has 0 nitrogen and oxygen atoms in total. The topological polar surface area (TPSA) is 0 Å². The van der Waals surface area contributed by atoms with Crippen LogP contribution in [0.2, 0.25) is 0 Å². The molecule has 1 unspecified atom stereocenters. The lowest BCUT2D eigenvalue weighted by Crippen LogP contribution is -2.24. The molecular weight excluding hydrogens is 432 g/mol. The van der Waals surface area contributed by atoms with Crippen LogP contribution in [0.1, 0.15) is 49.8 Å². The van der Waals surface area contributed by atoms with E-state index < -0.39 is 0 Å². The Kier molecular flexibility index (Phi) is 5.76. The Balaban J connectivity index is 0.000000147. The molecule has 7 rings (SSSR count). The zero-order valence-electron chi connectivity index (χ0n) is 21.6. The molecule has 0 N–H and O–H groups in total. The van der Waals surface area contributed by atoms with Gasteiger partial charge in [-0.15, -0.1) is 0 Å². The van der Waals surface area contributed by atoms with Gasteiger partial charge in [-0.1, -0.05) is 123 Å². The van der Waals surface area contributed by atoms with Gasteiger partial charge in [0.05, 0.1) is 0 Å². The van der Waals surface area contributed by atoms with Crippen LogP contribution in [0.25, 0.3) is 37.9 Å². The number of hydrogen-bond acceptors (Lipinski definition) is 0. The van der Waals surface area contributed by atoms with Gasteiger partial charge in [0.25, 0.3) is 0 Å². The molecule has 0 spiro atoms. The van der Waals surface area contributed by atoms with Gasteiger partial charge in [0.15, 0.2) is 0 Å². The normalized spacial score (nSPS) is 18.6. The van der Waals surface area contributed by atoms with E-state index in [1.807, 2.05) is 0 Å². The minimum Gasteiger partial charge on any atom is -0.0831 e. The van der Waals surface area contributed by atoms with Crippen molar-refractivity contribution in [3.8, 4) is 0 Å². The van der Waals surface area contributed by atoms with Crippen LogP contribution in [0.4, 0.5) is 0 Å². The number of benzene rings is 5. The highest BCUT2D eigenvalue weighted by Gasteiger charge is 2.33. The second-order valence-corrected chi connectivity index (χ2v) is 10.7. The Morgan fingerprint density at radius 3 is 2.03 bits per heavy atom. The summed E-state index contributed by atoms with van der Waals surface area (Å²) in [6.45, 7) is 7.00. The van der Waals surface area contributed by atoms with Crippen molar-refractivity contribution in [3.05, 3.63) is 125 Å². The lowest BCUT2D eigenvalue weighted by Gasteiger charge is -2.38. The Hall–Kier alpha value is -3.64. The fourth-order valence-electron chi connectivity index (χ4n) is 6.34. The molecule has 0 saturated carbocycles. The molecule has 0 fully saturated rings. The average Bonchev–Trinajstić information content (AvgIpc) is 2.93. The molecule has 0 heterocycles. The Bertz CT molecular complexity index is 1610. The average molecular weight is 467 g/mol. The Labute approximate surface area is 215 Å². The van der Waals surface area contributed by atoms with Gasteiger partial charge < -0.3 is 0 Å². The number of aryl methyl sites for hydroxylation is 2. The van der Waals surface area contributed by atoms with Crippen molar-refractivity contribution in [2.75, 3.05) is 0 Å². The maximum absolute atomic E-state index is 2.45. The van der Waals surface area contributed by atoms with E-state index in [0.29, 0.717) is 5.41 Å². The van der Waals surface area contributed by atoms with Gasteiger partial charge in [-0.3, -0.25) is 0 Å². The molecule has 2 aliphatic carbocycles. The molecule has 5 aromatic rings. The first-order valence-electron chi connectivity index (χ1n) is 13.4. The van der Waals surface area contributed by atoms with Crippen LogP contribution in [0.5, 0.6) is 0 Å². The molecule has 1 atom stereocenters. The summed E-state index contributed by atoms with van der Waals surface area (Å²) in [5.41, 5.74) is 8.00. The largest absolute Gasteiger partial charge is 0.0831 e. The summed E-state index contributed by atoms with van der Waals surface area (Å²) in [6.07, 6.45) is 9.62.